The van der Waals surface area contributed by atoms with Crippen molar-refractivity contribution in [3.63, 3.8) is 0 Å². The van der Waals surface area contributed by atoms with Gasteiger partial charge in [-0.15, -0.1) is 0 Å². The molecule has 156 valence electrons. The van der Waals surface area contributed by atoms with E-state index in [1.54, 1.807) is 45.9 Å². The van der Waals surface area contributed by atoms with Crippen LogP contribution in [0, 0.1) is 13.8 Å². The molecular formula is C21H25NO6S. The van der Waals surface area contributed by atoms with Crippen molar-refractivity contribution in [2.45, 2.75) is 45.6 Å². The highest BCUT2D eigenvalue weighted by Gasteiger charge is 2.28. The molecule has 29 heavy (non-hydrogen) atoms. The van der Waals surface area contributed by atoms with Crippen molar-refractivity contribution in [2.24, 2.45) is 0 Å². The Kier molecular flexibility index (Phi) is 7.50. The molecule has 1 heterocycles. The van der Waals surface area contributed by atoms with Gasteiger partial charge in [0, 0.05) is 11.4 Å². The molecule has 0 unspecified atom stereocenters. The van der Waals surface area contributed by atoms with E-state index in [-0.39, 0.29) is 17.9 Å². The molecule has 0 saturated heterocycles. The number of hydrogen-bond donors (Lipinski definition) is 1. The highest BCUT2D eigenvalue weighted by atomic mass is 32.2. The van der Waals surface area contributed by atoms with Crippen LogP contribution in [0.4, 0.5) is 0 Å². The molecule has 0 aliphatic carbocycles. The van der Waals surface area contributed by atoms with Gasteiger partial charge in [-0.3, -0.25) is 9.00 Å². The normalized spacial score (nSPS) is 12.9. The third-order valence-corrected chi connectivity index (χ3v) is 5.80. The number of benzene rings is 1. The summed E-state index contributed by atoms with van der Waals surface area (Å²) in [5, 5.41) is 0. The second kappa shape index (κ2) is 9.65. The number of esters is 2. The molecule has 0 fully saturated rings. The first-order valence-electron chi connectivity index (χ1n) is 9.31. The first kappa shape index (κ1) is 22.5. The van der Waals surface area contributed by atoms with Crippen molar-refractivity contribution in [2.75, 3.05) is 12.4 Å². The maximum Gasteiger partial charge on any atom is 0.340 e. The fourth-order valence-electron chi connectivity index (χ4n) is 2.98. The Hall–Kier alpha value is -2.74. The lowest BCUT2D eigenvalue weighted by Crippen LogP contribution is -2.26. The number of aryl methyl sites for hydroxylation is 1. The van der Waals surface area contributed by atoms with E-state index in [0.29, 0.717) is 27.5 Å². The minimum Gasteiger partial charge on any atom is -0.462 e. The molecule has 7 nitrogen and oxygen atoms in total. The summed E-state index contributed by atoms with van der Waals surface area (Å²) in [7, 11) is -1.34. The molecule has 0 aliphatic heterocycles. The lowest BCUT2D eigenvalue weighted by molar-refractivity contribution is 0.0313. The second-order valence-corrected chi connectivity index (χ2v) is 8.10. The van der Waals surface area contributed by atoms with Crippen molar-refractivity contribution < 1.29 is 28.1 Å². The van der Waals surface area contributed by atoms with Gasteiger partial charge < -0.3 is 14.5 Å². The molecule has 0 radical (unpaired) electrons. The number of carbonyl (C=O) groups excluding carboxylic acids is 3. The van der Waals surface area contributed by atoms with Gasteiger partial charge >= 0.3 is 11.9 Å². The molecule has 0 bridgehead atoms. The van der Waals surface area contributed by atoms with Gasteiger partial charge in [0.25, 0.3) is 0 Å². The van der Waals surface area contributed by atoms with Gasteiger partial charge in [-0.2, -0.15) is 0 Å². The Morgan fingerprint density at radius 1 is 1.10 bits per heavy atom. The highest BCUT2D eigenvalue weighted by molar-refractivity contribution is 7.85. The van der Waals surface area contributed by atoms with Gasteiger partial charge in [-0.1, -0.05) is 19.1 Å². The molecule has 2 aromatic rings. The summed E-state index contributed by atoms with van der Waals surface area (Å²) in [5.74, 6) is -1.35. The third kappa shape index (κ3) is 4.82. The standard InChI is InChI=1S/C21H25NO6S/c1-6-27-21(25)17-12(3)18(22-13(17)4)19(23)14(5)28-20(24)15-10-8-9-11-16(15)29(26)7-2/h8-11,14,22H,6-7H2,1-5H3/t14-,29-/m0/s1. The average Bonchev–Trinajstić information content (AvgIpc) is 3.00. The van der Waals surface area contributed by atoms with Crippen LogP contribution < -0.4 is 0 Å². The molecule has 1 N–H and O–H groups in total. The number of rotatable bonds is 8. The Labute approximate surface area is 172 Å². The van der Waals surface area contributed by atoms with Crippen molar-refractivity contribution in [1.29, 1.82) is 0 Å². The number of aromatic nitrogens is 1. The summed E-state index contributed by atoms with van der Waals surface area (Å²) in [5.41, 5.74) is 1.61. The molecule has 0 saturated carbocycles. The molecule has 0 amide bonds. The summed E-state index contributed by atoms with van der Waals surface area (Å²) < 4.78 is 22.5. The molecule has 8 heteroatoms. The molecule has 1 aromatic carbocycles. The van der Waals surface area contributed by atoms with E-state index in [4.69, 9.17) is 9.47 Å². The fourth-order valence-corrected chi connectivity index (χ4v) is 3.91. The number of H-pyrrole nitrogens is 1. The van der Waals surface area contributed by atoms with Crippen LogP contribution in [0.2, 0.25) is 0 Å². The SMILES string of the molecule is CCOC(=O)c1c(C)[nH]c(C(=O)[C@H](C)OC(=O)c2ccccc2[S@@](=O)CC)c1C. The van der Waals surface area contributed by atoms with Crippen LogP contribution in [0.25, 0.3) is 0 Å². The van der Waals surface area contributed by atoms with Crippen LogP contribution in [0.5, 0.6) is 0 Å². The summed E-state index contributed by atoms with van der Waals surface area (Å²) in [6, 6.07) is 6.46. The minimum atomic E-state index is -1.34. The van der Waals surface area contributed by atoms with Gasteiger partial charge in [-0.25, -0.2) is 9.59 Å². The Bertz CT molecular complexity index is 962. The summed E-state index contributed by atoms with van der Waals surface area (Å²) in [6.45, 7) is 8.44. The first-order chi connectivity index (χ1) is 13.7. The molecule has 0 aliphatic rings. The number of aromatic amines is 1. The van der Waals surface area contributed by atoms with E-state index in [2.05, 4.69) is 4.98 Å². The lowest BCUT2D eigenvalue weighted by atomic mass is 10.1. The number of Topliss-reactive ketones (excluding diaryl/α,β-unsaturated/α-hetero) is 1. The summed E-state index contributed by atoms with van der Waals surface area (Å²) in [4.78, 5) is 40.8. The maximum absolute atomic E-state index is 12.8. The van der Waals surface area contributed by atoms with Gasteiger partial charge in [0.2, 0.25) is 5.78 Å². The number of hydrogen-bond acceptors (Lipinski definition) is 6. The monoisotopic (exact) mass is 419 g/mol. The number of ether oxygens (including phenoxy) is 2. The van der Waals surface area contributed by atoms with E-state index < -0.39 is 34.6 Å². The molecule has 0 spiro atoms. The van der Waals surface area contributed by atoms with Gasteiger partial charge in [-0.05, 0) is 45.4 Å². The fraction of sp³-hybridized carbons (Fsp3) is 0.381. The number of carbonyl (C=O) groups is 3. The Morgan fingerprint density at radius 3 is 2.38 bits per heavy atom. The van der Waals surface area contributed by atoms with Crippen LogP contribution in [0.3, 0.4) is 0 Å². The van der Waals surface area contributed by atoms with Gasteiger partial charge in [0.05, 0.1) is 39.1 Å². The number of ketones is 1. The van der Waals surface area contributed by atoms with Crippen molar-refractivity contribution >= 4 is 28.5 Å². The second-order valence-electron chi connectivity index (χ2n) is 6.39. The maximum atomic E-state index is 12.8. The van der Waals surface area contributed by atoms with Crippen LogP contribution in [0.15, 0.2) is 29.2 Å². The van der Waals surface area contributed by atoms with E-state index in [1.165, 1.54) is 13.0 Å². The van der Waals surface area contributed by atoms with Crippen LogP contribution in [0.1, 0.15) is 63.2 Å². The molecule has 2 atom stereocenters. The highest BCUT2D eigenvalue weighted by Crippen LogP contribution is 2.22. The quantitative estimate of drug-likeness (QED) is 0.520. The summed E-state index contributed by atoms with van der Waals surface area (Å²) in [6.07, 6.45) is -1.10. The van der Waals surface area contributed by atoms with Crippen LogP contribution in [-0.2, 0) is 20.3 Å². The zero-order valence-corrected chi connectivity index (χ0v) is 18.0. The minimum absolute atomic E-state index is 0.166. The Morgan fingerprint density at radius 2 is 1.76 bits per heavy atom. The topological polar surface area (TPSA) is 103 Å². The average molecular weight is 419 g/mol. The molecular weight excluding hydrogens is 394 g/mol. The third-order valence-electron chi connectivity index (χ3n) is 4.43. The largest absolute Gasteiger partial charge is 0.462 e. The zero-order valence-electron chi connectivity index (χ0n) is 17.2. The van der Waals surface area contributed by atoms with Gasteiger partial charge in [0.15, 0.2) is 6.10 Å². The van der Waals surface area contributed by atoms with Crippen molar-refractivity contribution in [3.05, 3.63) is 52.3 Å². The van der Waals surface area contributed by atoms with Crippen LogP contribution in [-0.4, -0.2) is 45.4 Å². The molecule has 1 aromatic heterocycles. The zero-order chi connectivity index (χ0) is 21.7. The van der Waals surface area contributed by atoms with E-state index in [9.17, 15) is 18.6 Å². The predicted molar refractivity (Wildman–Crippen MR) is 109 cm³/mol. The predicted octanol–water partition coefficient (Wildman–Crippen LogP) is 3.36. The molecule has 2 rings (SSSR count). The van der Waals surface area contributed by atoms with Crippen molar-refractivity contribution in [1.82, 2.24) is 4.98 Å². The number of nitrogens with one attached hydrogen (secondary N) is 1. The van der Waals surface area contributed by atoms with Crippen molar-refractivity contribution in [3.8, 4) is 0 Å². The van der Waals surface area contributed by atoms with E-state index in [1.807, 2.05) is 0 Å². The van der Waals surface area contributed by atoms with Gasteiger partial charge in [0.1, 0.15) is 0 Å². The van der Waals surface area contributed by atoms with E-state index in [0.717, 1.165) is 0 Å². The Balaban J connectivity index is 2.25. The lowest BCUT2D eigenvalue weighted by Gasteiger charge is -2.14. The summed E-state index contributed by atoms with van der Waals surface area (Å²) >= 11 is 0. The van der Waals surface area contributed by atoms with E-state index >= 15 is 0 Å². The smallest absolute Gasteiger partial charge is 0.340 e. The first-order valence-corrected chi connectivity index (χ1v) is 10.6. The van der Waals surface area contributed by atoms with Crippen LogP contribution >= 0.6 is 0 Å².